The maximum absolute atomic E-state index is 9.53. The first-order valence-electron chi connectivity index (χ1n) is 3.06. The van der Waals surface area contributed by atoms with E-state index in [1.807, 2.05) is 13.0 Å². The van der Waals surface area contributed by atoms with Gasteiger partial charge in [0.15, 0.2) is 0 Å². The molecule has 0 unspecified atom stereocenters. The Morgan fingerprint density at radius 2 is 2.44 bits per heavy atom. The monoisotopic (exact) mass is 125 g/mol. The molecule has 0 saturated carbocycles. The fourth-order valence-corrected chi connectivity index (χ4v) is 0.501. The lowest BCUT2D eigenvalue weighted by atomic mass is 10.3. The zero-order chi connectivity index (χ0) is 6.95. The highest BCUT2D eigenvalue weighted by Crippen LogP contribution is 1.89. The summed E-state index contributed by atoms with van der Waals surface area (Å²) in [5.41, 5.74) is 0. The number of nitrogens with zero attached hydrogens (tertiary/aromatic N) is 1. The van der Waals surface area contributed by atoms with E-state index in [0.29, 0.717) is 6.54 Å². The zero-order valence-corrected chi connectivity index (χ0v) is 5.63. The van der Waals surface area contributed by atoms with Gasteiger partial charge >= 0.3 is 0 Å². The van der Waals surface area contributed by atoms with Gasteiger partial charge in [0, 0.05) is 0 Å². The SMILES string of the molecule is C/C=C/CCCN=C=O. The number of carbonyl (C=O) groups excluding carboxylic acids is 1. The van der Waals surface area contributed by atoms with E-state index in [-0.39, 0.29) is 0 Å². The van der Waals surface area contributed by atoms with Crippen molar-refractivity contribution in [3.63, 3.8) is 0 Å². The molecule has 0 aliphatic heterocycles. The molecule has 0 amide bonds. The highest BCUT2D eigenvalue weighted by molar-refractivity contribution is 5.32. The molecule has 0 N–H and O–H groups in total. The largest absolute Gasteiger partial charge is 0.234 e. The second-order valence-electron chi connectivity index (χ2n) is 1.68. The summed E-state index contributed by atoms with van der Waals surface area (Å²) < 4.78 is 0. The van der Waals surface area contributed by atoms with Gasteiger partial charge in [0.05, 0.1) is 6.54 Å². The van der Waals surface area contributed by atoms with Crippen LogP contribution in [-0.4, -0.2) is 12.6 Å². The second kappa shape index (κ2) is 7.12. The van der Waals surface area contributed by atoms with Crippen molar-refractivity contribution in [3.05, 3.63) is 12.2 Å². The van der Waals surface area contributed by atoms with Crippen LogP contribution in [0.1, 0.15) is 19.8 Å². The average Bonchev–Trinajstić information content (AvgIpc) is 1.89. The first-order valence-corrected chi connectivity index (χ1v) is 3.06. The zero-order valence-electron chi connectivity index (χ0n) is 5.63. The summed E-state index contributed by atoms with van der Waals surface area (Å²) in [6.45, 7) is 2.58. The molecule has 0 fully saturated rings. The van der Waals surface area contributed by atoms with E-state index >= 15 is 0 Å². The van der Waals surface area contributed by atoms with E-state index in [2.05, 4.69) is 11.1 Å². The second-order valence-corrected chi connectivity index (χ2v) is 1.68. The van der Waals surface area contributed by atoms with Crippen molar-refractivity contribution in [2.24, 2.45) is 4.99 Å². The summed E-state index contributed by atoms with van der Waals surface area (Å²) in [6, 6.07) is 0. The molecular weight excluding hydrogens is 114 g/mol. The molecule has 0 saturated heterocycles. The molecule has 0 aliphatic carbocycles. The van der Waals surface area contributed by atoms with Gasteiger partial charge in [-0.05, 0) is 19.8 Å². The van der Waals surface area contributed by atoms with Crippen molar-refractivity contribution >= 4 is 6.08 Å². The Bertz CT molecular complexity index is 123. The van der Waals surface area contributed by atoms with Gasteiger partial charge in [0.1, 0.15) is 0 Å². The number of aliphatic imine (C=N–C) groups is 1. The third-order valence-electron chi connectivity index (χ3n) is 0.941. The first-order chi connectivity index (χ1) is 4.41. The van der Waals surface area contributed by atoms with Gasteiger partial charge < -0.3 is 0 Å². The summed E-state index contributed by atoms with van der Waals surface area (Å²) in [5, 5.41) is 0. The van der Waals surface area contributed by atoms with Gasteiger partial charge in [-0.25, -0.2) is 9.79 Å². The van der Waals surface area contributed by atoms with Crippen molar-refractivity contribution < 1.29 is 4.79 Å². The molecule has 2 nitrogen and oxygen atoms in total. The number of hydrogen-bond donors (Lipinski definition) is 0. The van der Waals surface area contributed by atoms with Crippen LogP contribution in [0.2, 0.25) is 0 Å². The van der Waals surface area contributed by atoms with Gasteiger partial charge in [-0.1, -0.05) is 12.2 Å². The molecule has 0 heterocycles. The quantitative estimate of drug-likeness (QED) is 0.243. The van der Waals surface area contributed by atoms with Crippen molar-refractivity contribution in [1.82, 2.24) is 0 Å². The van der Waals surface area contributed by atoms with Crippen LogP contribution >= 0.6 is 0 Å². The lowest BCUT2D eigenvalue weighted by Gasteiger charge is -1.84. The number of allylic oxidation sites excluding steroid dienone is 2. The number of isocyanates is 1. The van der Waals surface area contributed by atoms with Crippen LogP contribution in [-0.2, 0) is 4.79 Å². The number of hydrogen-bond acceptors (Lipinski definition) is 2. The van der Waals surface area contributed by atoms with Gasteiger partial charge in [-0.15, -0.1) is 0 Å². The van der Waals surface area contributed by atoms with Gasteiger partial charge in [0.25, 0.3) is 0 Å². The van der Waals surface area contributed by atoms with E-state index in [1.54, 1.807) is 0 Å². The van der Waals surface area contributed by atoms with Crippen LogP contribution in [0.25, 0.3) is 0 Å². The molecule has 0 bridgehead atoms. The Kier molecular flexibility index (Phi) is 6.42. The molecule has 0 radical (unpaired) electrons. The minimum Gasteiger partial charge on any atom is -0.211 e. The van der Waals surface area contributed by atoms with E-state index < -0.39 is 0 Å². The van der Waals surface area contributed by atoms with E-state index in [1.165, 1.54) is 6.08 Å². The summed E-state index contributed by atoms with van der Waals surface area (Å²) in [7, 11) is 0. The smallest absolute Gasteiger partial charge is 0.211 e. The predicted octanol–water partition coefficient (Wildman–Crippen LogP) is 1.68. The van der Waals surface area contributed by atoms with Crippen LogP contribution in [0.5, 0.6) is 0 Å². The van der Waals surface area contributed by atoms with E-state index in [0.717, 1.165) is 12.8 Å². The molecule has 0 spiro atoms. The minimum atomic E-state index is 0.605. The van der Waals surface area contributed by atoms with Crippen molar-refractivity contribution in [2.45, 2.75) is 19.8 Å². The minimum absolute atomic E-state index is 0.605. The van der Waals surface area contributed by atoms with Gasteiger partial charge in [-0.2, -0.15) is 0 Å². The summed E-state index contributed by atoms with van der Waals surface area (Å²) in [5.74, 6) is 0. The van der Waals surface area contributed by atoms with Crippen LogP contribution in [0.3, 0.4) is 0 Å². The summed E-state index contributed by atoms with van der Waals surface area (Å²) >= 11 is 0. The maximum Gasteiger partial charge on any atom is 0.234 e. The predicted molar refractivity (Wildman–Crippen MR) is 37.0 cm³/mol. The standard InChI is InChI=1S/C7H11NO/c1-2-3-4-5-6-8-7-9/h2-3H,4-6H2,1H3/b3-2+. The van der Waals surface area contributed by atoms with Gasteiger partial charge in [0.2, 0.25) is 6.08 Å². The van der Waals surface area contributed by atoms with Crippen LogP contribution in [0.15, 0.2) is 17.1 Å². The third kappa shape index (κ3) is 7.12. The molecule has 0 atom stereocenters. The molecule has 9 heavy (non-hydrogen) atoms. The molecule has 0 rings (SSSR count). The Morgan fingerprint density at radius 1 is 1.67 bits per heavy atom. The van der Waals surface area contributed by atoms with Crippen molar-refractivity contribution in [2.75, 3.05) is 6.54 Å². The van der Waals surface area contributed by atoms with E-state index in [4.69, 9.17) is 0 Å². The lowest BCUT2D eigenvalue weighted by Crippen LogP contribution is -1.76. The average molecular weight is 125 g/mol. The highest BCUT2D eigenvalue weighted by atomic mass is 16.1. The Hall–Kier alpha value is -0.880. The lowest BCUT2D eigenvalue weighted by molar-refractivity contribution is 0.562. The van der Waals surface area contributed by atoms with E-state index in [9.17, 15) is 4.79 Å². The third-order valence-corrected chi connectivity index (χ3v) is 0.941. The van der Waals surface area contributed by atoms with Crippen molar-refractivity contribution in [3.8, 4) is 0 Å². The Balaban J connectivity index is 3.00. The Labute approximate surface area is 55.3 Å². The van der Waals surface area contributed by atoms with Crippen molar-refractivity contribution in [1.29, 1.82) is 0 Å². The van der Waals surface area contributed by atoms with Crippen LogP contribution in [0, 0.1) is 0 Å². The highest BCUT2D eigenvalue weighted by Gasteiger charge is 1.78. The number of unbranched alkanes of at least 4 members (excludes halogenated alkanes) is 1. The molecule has 0 aliphatic rings. The fraction of sp³-hybridized carbons (Fsp3) is 0.571. The molecule has 0 aromatic carbocycles. The molecule has 0 aromatic rings. The molecule has 0 aromatic heterocycles. The summed E-state index contributed by atoms with van der Waals surface area (Å²) in [6.07, 6.45) is 7.49. The molecule has 50 valence electrons. The van der Waals surface area contributed by atoms with Crippen LogP contribution in [0.4, 0.5) is 0 Å². The Morgan fingerprint density at radius 3 is 3.00 bits per heavy atom. The summed E-state index contributed by atoms with van der Waals surface area (Å²) in [4.78, 5) is 12.9. The maximum atomic E-state index is 9.53. The number of rotatable bonds is 4. The molecule has 2 heteroatoms. The fourth-order valence-electron chi connectivity index (χ4n) is 0.501. The molecular formula is C7H11NO. The topological polar surface area (TPSA) is 29.4 Å². The van der Waals surface area contributed by atoms with Gasteiger partial charge in [-0.3, -0.25) is 0 Å². The normalized spacial score (nSPS) is 9.44. The first kappa shape index (κ1) is 8.12. The van der Waals surface area contributed by atoms with Crippen LogP contribution < -0.4 is 0 Å².